The number of carbonyl (C=O) groups is 1. The van der Waals surface area contributed by atoms with E-state index in [0.717, 1.165) is 36.4 Å². The van der Waals surface area contributed by atoms with E-state index in [2.05, 4.69) is 15.3 Å². The van der Waals surface area contributed by atoms with Gasteiger partial charge in [0.05, 0.1) is 30.5 Å². The van der Waals surface area contributed by atoms with E-state index >= 15 is 0 Å². The summed E-state index contributed by atoms with van der Waals surface area (Å²) in [7, 11) is 1.64. The van der Waals surface area contributed by atoms with Crippen LogP contribution in [0, 0.1) is 0 Å². The molecular formula is C24H27N5O2. The van der Waals surface area contributed by atoms with Crippen LogP contribution in [0.5, 0.6) is 5.75 Å². The molecule has 7 nitrogen and oxygen atoms in total. The number of likely N-dealkylation sites (tertiary alicyclic amines) is 1. The number of methoxy groups -OCH3 is 1. The lowest BCUT2D eigenvalue weighted by Crippen LogP contribution is -2.43. The Morgan fingerprint density at radius 2 is 1.94 bits per heavy atom. The predicted octanol–water partition coefficient (Wildman–Crippen LogP) is 4.27. The Hall–Kier alpha value is -3.48. The van der Waals surface area contributed by atoms with E-state index in [1.54, 1.807) is 25.7 Å². The second-order valence-electron chi connectivity index (χ2n) is 8.17. The highest BCUT2D eigenvalue weighted by atomic mass is 16.5. The highest BCUT2D eigenvalue weighted by Crippen LogP contribution is 2.37. The van der Waals surface area contributed by atoms with Crippen LogP contribution in [-0.4, -0.2) is 39.4 Å². The van der Waals surface area contributed by atoms with Gasteiger partial charge in [-0.2, -0.15) is 0 Å². The molecule has 1 saturated heterocycles. The zero-order chi connectivity index (χ0) is 21.8. The lowest BCUT2D eigenvalue weighted by molar-refractivity contribution is -0.137. The Balaban J connectivity index is 1.55. The molecule has 160 valence electrons. The number of benzene rings is 1. The first kappa shape index (κ1) is 20.8. The number of rotatable bonds is 6. The van der Waals surface area contributed by atoms with E-state index in [1.807, 2.05) is 61.2 Å². The van der Waals surface area contributed by atoms with E-state index < -0.39 is 5.41 Å². The van der Waals surface area contributed by atoms with Crippen LogP contribution in [0.1, 0.15) is 44.0 Å². The zero-order valence-corrected chi connectivity index (χ0v) is 18.1. The maximum atomic E-state index is 13.6. The maximum absolute atomic E-state index is 13.6. The number of pyridine rings is 1. The number of anilines is 2. The van der Waals surface area contributed by atoms with Crippen LogP contribution >= 0.6 is 0 Å². The molecule has 0 bridgehead atoms. The van der Waals surface area contributed by atoms with Crippen molar-refractivity contribution in [2.45, 2.75) is 38.1 Å². The Morgan fingerprint density at radius 3 is 2.65 bits per heavy atom. The van der Waals surface area contributed by atoms with Crippen molar-refractivity contribution in [3.05, 3.63) is 72.3 Å². The summed E-state index contributed by atoms with van der Waals surface area (Å²) in [6.07, 6.45) is 6.76. The number of nitrogens with zero attached hydrogens (tertiary/aromatic N) is 4. The zero-order valence-electron chi connectivity index (χ0n) is 18.1. The predicted molar refractivity (Wildman–Crippen MR) is 119 cm³/mol. The molecule has 0 radical (unpaired) electrons. The third-order valence-electron chi connectivity index (χ3n) is 5.79. The summed E-state index contributed by atoms with van der Waals surface area (Å²) in [4.78, 5) is 28.7. The van der Waals surface area contributed by atoms with Gasteiger partial charge < -0.3 is 15.0 Å². The lowest BCUT2D eigenvalue weighted by Gasteiger charge is -2.33. The minimum atomic E-state index is -0.648. The van der Waals surface area contributed by atoms with Crippen molar-refractivity contribution in [3.63, 3.8) is 0 Å². The highest BCUT2D eigenvalue weighted by Gasteiger charge is 2.39. The molecule has 1 atom stereocenters. The van der Waals surface area contributed by atoms with Gasteiger partial charge in [-0.05, 0) is 56.5 Å². The van der Waals surface area contributed by atoms with Crippen LogP contribution in [0.2, 0.25) is 0 Å². The molecule has 0 saturated carbocycles. The largest absolute Gasteiger partial charge is 0.497 e. The maximum Gasteiger partial charge on any atom is 0.233 e. The standard InChI is InChI=1S/C24H27N5O2/c1-24(2,17-9-11-18(31-3)12-10-17)23(30)29-15-5-7-20(29)19-6-4-8-21(27-19)28-22-16-25-13-14-26-22/h4,6,8-14,16,20H,5,7,15H2,1-3H3,(H,26,27,28)/t20-/m0/s1. The first-order valence-corrected chi connectivity index (χ1v) is 10.4. The summed E-state index contributed by atoms with van der Waals surface area (Å²) in [6, 6.07) is 13.5. The van der Waals surface area contributed by atoms with E-state index in [4.69, 9.17) is 9.72 Å². The minimum absolute atomic E-state index is 0.0476. The van der Waals surface area contributed by atoms with E-state index in [9.17, 15) is 4.79 Å². The summed E-state index contributed by atoms with van der Waals surface area (Å²) in [5.41, 5.74) is 1.20. The smallest absolute Gasteiger partial charge is 0.233 e. The summed E-state index contributed by atoms with van der Waals surface area (Å²) in [5, 5.41) is 3.18. The number of nitrogens with one attached hydrogen (secondary N) is 1. The molecule has 1 aliphatic rings. The minimum Gasteiger partial charge on any atom is -0.497 e. The molecule has 1 N–H and O–H groups in total. The van der Waals surface area contributed by atoms with Crippen molar-refractivity contribution in [2.24, 2.45) is 0 Å². The molecule has 1 amide bonds. The first-order chi connectivity index (χ1) is 15.0. The number of amides is 1. The molecule has 31 heavy (non-hydrogen) atoms. The van der Waals surface area contributed by atoms with Crippen molar-refractivity contribution >= 4 is 17.5 Å². The fourth-order valence-electron chi connectivity index (χ4n) is 4.01. The Labute approximate surface area is 182 Å². The SMILES string of the molecule is COc1ccc(C(C)(C)C(=O)N2CCC[C@H]2c2cccc(Nc3cnccn3)n2)cc1. The number of carbonyl (C=O) groups excluding carboxylic acids is 1. The van der Waals surface area contributed by atoms with Gasteiger partial charge in [-0.1, -0.05) is 18.2 Å². The van der Waals surface area contributed by atoms with Crippen molar-refractivity contribution < 1.29 is 9.53 Å². The molecule has 2 aromatic heterocycles. The normalized spacial score (nSPS) is 16.2. The molecule has 1 fully saturated rings. The van der Waals surface area contributed by atoms with E-state index in [-0.39, 0.29) is 11.9 Å². The molecule has 3 aromatic rings. The van der Waals surface area contributed by atoms with Gasteiger partial charge in [0, 0.05) is 18.9 Å². The van der Waals surface area contributed by atoms with Crippen molar-refractivity contribution in [2.75, 3.05) is 19.0 Å². The molecule has 1 aromatic carbocycles. The number of hydrogen-bond acceptors (Lipinski definition) is 6. The molecule has 7 heteroatoms. The van der Waals surface area contributed by atoms with Crippen LogP contribution < -0.4 is 10.1 Å². The summed E-state index contributed by atoms with van der Waals surface area (Å²) in [5.74, 6) is 2.20. The fraction of sp³-hybridized carbons (Fsp3) is 0.333. The van der Waals surface area contributed by atoms with Crippen LogP contribution in [0.15, 0.2) is 61.1 Å². The third kappa shape index (κ3) is 4.35. The Bertz CT molecular complexity index is 1040. The van der Waals surface area contributed by atoms with Crippen LogP contribution in [0.25, 0.3) is 0 Å². The highest BCUT2D eigenvalue weighted by molar-refractivity contribution is 5.88. The van der Waals surface area contributed by atoms with Gasteiger partial charge in [-0.25, -0.2) is 9.97 Å². The van der Waals surface area contributed by atoms with E-state index in [0.29, 0.717) is 11.6 Å². The van der Waals surface area contributed by atoms with Gasteiger partial charge in [-0.3, -0.25) is 9.78 Å². The van der Waals surface area contributed by atoms with Crippen molar-refractivity contribution in [1.82, 2.24) is 19.9 Å². The molecule has 0 spiro atoms. The summed E-state index contributed by atoms with van der Waals surface area (Å²) in [6.45, 7) is 4.69. The topological polar surface area (TPSA) is 80.2 Å². The quantitative estimate of drug-likeness (QED) is 0.645. The second-order valence-corrected chi connectivity index (χ2v) is 8.17. The number of ether oxygens (including phenoxy) is 1. The van der Waals surface area contributed by atoms with Crippen molar-refractivity contribution in [1.29, 1.82) is 0 Å². The van der Waals surface area contributed by atoms with Gasteiger partial charge >= 0.3 is 0 Å². The second kappa shape index (κ2) is 8.71. The average molecular weight is 418 g/mol. The van der Waals surface area contributed by atoms with Gasteiger partial charge in [0.1, 0.15) is 17.4 Å². The monoisotopic (exact) mass is 417 g/mol. The molecule has 4 rings (SSSR count). The van der Waals surface area contributed by atoms with Crippen molar-refractivity contribution in [3.8, 4) is 5.75 Å². The third-order valence-corrected chi connectivity index (χ3v) is 5.79. The van der Waals surface area contributed by atoms with Crippen LogP contribution in [-0.2, 0) is 10.2 Å². The summed E-state index contributed by atoms with van der Waals surface area (Å²) < 4.78 is 5.25. The van der Waals surface area contributed by atoms with Gasteiger partial charge in [-0.15, -0.1) is 0 Å². The molecule has 1 aliphatic heterocycles. The number of aromatic nitrogens is 3. The van der Waals surface area contributed by atoms with Gasteiger partial charge in [0.15, 0.2) is 0 Å². The molecular weight excluding hydrogens is 390 g/mol. The Kier molecular flexibility index (Phi) is 5.84. The lowest BCUT2D eigenvalue weighted by atomic mass is 9.83. The van der Waals surface area contributed by atoms with Crippen LogP contribution in [0.3, 0.4) is 0 Å². The molecule has 3 heterocycles. The van der Waals surface area contributed by atoms with Gasteiger partial charge in [0.25, 0.3) is 0 Å². The van der Waals surface area contributed by atoms with Crippen LogP contribution in [0.4, 0.5) is 11.6 Å². The average Bonchev–Trinajstić information content (AvgIpc) is 3.29. The Morgan fingerprint density at radius 1 is 1.13 bits per heavy atom. The number of hydrogen-bond donors (Lipinski definition) is 1. The molecule has 0 aliphatic carbocycles. The summed E-state index contributed by atoms with van der Waals surface area (Å²) >= 11 is 0. The van der Waals surface area contributed by atoms with Gasteiger partial charge in [0.2, 0.25) is 5.91 Å². The molecule has 0 unspecified atom stereocenters. The van der Waals surface area contributed by atoms with E-state index in [1.165, 1.54) is 0 Å². The first-order valence-electron chi connectivity index (χ1n) is 10.4. The fourth-order valence-corrected chi connectivity index (χ4v) is 4.01.